The van der Waals surface area contributed by atoms with E-state index in [0.717, 1.165) is 48.7 Å². The normalized spacial score (nSPS) is 16.3. The van der Waals surface area contributed by atoms with Gasteiger partial charge in [-0.05, 0) is 48.6 Å². The molecule has 4 rings (SSSR count). The van der Waals surface area contributed by atoms with Gasteiger partial charge in [0.15, 0.2) is 0 Å². The molecule has 0 radical (unpaired) electrons. The molecule has 7 heteroatoms. The van der Waals surface area contributed by atoms with Crippen molar-refractivity contribution in [3.8, 4) is 0 Å². The molecule has 2 fully saturated rings. The molecule has 7 nitrogen and oxygen atoms in total. The van der Waals surface area contributed by atoms with Crippen molar-refractivity contribution < 1.29 is 9.59 Å². The zero-order valence-corrected chi connectivity index (χ0v) is 16.6. The van der Waals surface area contributed by atoms with Gasteiger partial charge in [0, 0.05) is 51.0 Å². The van der Waals surface area contributed by atoms with Crippen molar-refractivity contribution in [1.29, 1.82) is 0 Å². The lowest BCUT2D eigenvalue weighted by molar-refractivity contribution is -0.117. The second-order valence-electron chi connectivity index (χ2n) is 7.57. The second kappa shape index (κ2) is 8.94. The zero-order valence-electron chi connectivity index (χ0n) is 16.6. The quantitative estimate of drug-likeness (QED) is 0.791. The number of carbonyl (C=O) groups is 2. The largest absolute Gasteiger partial charge is 0.357 e. The summed E-state index contributed by atoms with van der Waals surface area (Å²) in [6, 6.07) is 11.6. The molecule has 2 aliphatic heterocycles. The molecule has 0 bridgehead atoms. The summed E-state index contributed by atoms with van der Waals surface area (Å²) in [6.07, 6.45) is 5.78. The van der Waals surface area contributed by atoms with Crippen LogP contribution < -0.4 is 20.4 Å². The molecule has 2 saturated heterocycles. The molecule has 2 aliphatic rings. The van der Waals surface area contributed by atoms with Gasteiger partial charge in [0.25, 0.3) is 0 Å². The molecule has 0 atom stereocenters. The number of aromatic nitrogens is 1. The summed E-state index contributed by atoms with van der Waals surface area (Å²) in [6.45, 7) is 3.75. The lowest BCUT2D eigenvalue weighted by Gasteiger charge is -2.17. The molecule has 3 heterocycles. The van der Waals surface area contributed by atoms with E-state index in [1.807, 2.05) is 47.5 Å². The average molecular weight is 393 g/mol. The van der Waals surface area contributed by atoms with Crippen LogP contribution in [0.2, 0.25) is 0 Å². The molecule has 2 N–H and O–H groups in total. The molecular formula is C22H27N5O2. The summed E-state index contributed by atoms with van der Waals surface area (Å²) in [7, 11) is 0. The molecule has 1 aromatic carbocycles. The second-order valence-corrected chi connectivity index (χ2v) is 7.57. The number of hydrogen-bond donors (Lipinski definition) is 2. The molecule has 29 heavy (non-hydrogen) atoms. The van der Waals surface area contributed by atoms with Crippen LogP contribution in [0, 0.1) is 0 Å². The highest BCUT2D eigenvalue weighted by molar-refractivity contribution is 5.95. The molecule has 0 spiro atoms. The number of pyridine rings is 1. The van der Waals surface area contributed by atoms with Gasteiger partial charge < -0.3 is 20.4 Å². The van der Waals surface area contributed by atoms with Crippen LogP contribution in [-0.2, 0) is 17.9 Å². The third-order valence-corrected chi connectivity index (χ3v) is 5.44. The van der Waals surface area contributed by atoms with E-state index in [9.17, 15) is 9.59 Å². The van der Waals surface area contributed by atoms with Crippen molar-refractivity contribution in [2.45, 2.75) is 38.8 Å². The predicted molar refractivity (Wildman–Crippen MR) is 113 cm³/mol. The first-order valence-corrected chi connectivity index (χ1v) is 10.3. The van der Waals surface area contributed by atoms with Gasteiger partial charge in [0.05, 0.1) is 0 Å². The Labute approximate surface area is 171 Å². The van der Waals surface area contributed by atoms with E-state index in [0.29, 0.717) is 19.5 Å². The molecule has 0 aliphatic carbocycles. The van der Waals surface area contributed by atoms with Gasteiger partial charge in [-0.1, -0.05) is 18.2 Å². The van der Waals surface area contributed by atoms with Gasteiger partial charge in [-0.25, -0.2) is 9.78 Å². The SMILES string of the molecule is O=C(NCc1ccc(N2CCCC2)nc1)NCc1cccc(N2CCCC2=O)c1. The lowest BCUT2D eigenvalue weighted by atomic mass is 10.2. The highest BCUT2D eigenvalue weighted by Crippen LogP contribution is 2.22. The maximum atomic E-state index is 12.1. The third-order valence-electron chi connectivity index (χ3n) is 5.44. The zero-order chi connectivity index (χ0) is 20.1. The Hall–Kier alpha value is -3.09. The summed E-state index contributed by atoms with van der Waals surface area (Å²) in [5.74, 6) is 1.17. The summed E-state index contributed by atoms with van der Waals surface area (Å²) < 4.78 is 0. The fourth-order valence-corrected chi connectivity index (χ4v) is 3.84. The van der Waals surface area contributed by atoms with E-state index in [-0.39, 0.29) is 11.9 Å². The Bertz CT molecular complexity index is 862. The van der Waals surface area contributed by atoms with Crippen molar-refractivity contribution >= 4 is 23.4 Å². The van der Waals surface area contributed by atoms with Gasteiger partial charge in [-0.3, -0.25) is 4.79 Å². The van der Waals surface area contributed by atoms with Crippen molar-refractivity contribution in [1.82, 2.24) is 15.6 Å². The number of amides is 3. The van der Waals surface area contributed by atoms with Gasteiger partial charge in [0.1, 0.15) is 5.82 Å². The maximum Gasteiger partial charge on any atom is 0.315 e. The van der Waals surface area contributed by atoms with E-state index in [4.69, 9.17) is 0 Å². The van der Waals surface area contributed by atoms with Crippen molar-refractivity contribution in [2.24, 2.45) is 0 Å². The molecule has 2 aromatic rings. The van der Waals surface area contributed by atoms with Crippen LogP contribution in [0.1, 0.15) is 36.8 Å². The molecule has 0 unspecified atom stereocenters. The summed E-state index contributed by atoms with van der Waals surface area (Å²) >= 11 is 0. The fraction of sp³-hybridized carbons (Fsp3) is 0.409. The minimum absolute atomic E-state index is 0.164. The topological polar surface area (TPSA) is 77.6 Å². The van der Waals surface area contributed by atoms with Crippen LogP contribution in [-0.4, -0.2) is 36.6 Å². The van der Waals surface area contributed by atoms with E-state index < -0.39 is 0 Å². The smallest absolute Gasteiger partial charge is 0.315 e. The lowest BCUT2D eigenvalue weighted by Crippen LogP contribution is -2.34. The Kier molecular flexibility index (Phi) is 5.93. The number of anilines is 2. The Morgan fingerprint density at radius 2 is 1.76 bits per heavy atom. The molecular weight excluding hydrogens is 366 g/mol. The van der Waals surface area contributed by atoms with E-state index in [1.54, 1.807) is 0 Å². The Balaban J connectivity index is 1.24. The molecule has 0 saturated carbocycles. The fourth-order valence-electron chi connectivity index (χ4n) is 3.84. The Morgan fingerprint density at radius 3 is 2.45 bits per heavy atom. The van der Waals surface area contributed by atoms with E-state index in [2.05, 4.69) is 20.5 Å². The summed E-state index contributed by atoms with van der Waals surface area (Å²) in [5.41, 5.74) is 2.84. The number of nitrogens with one attached hydrogen (secondary N) is 2. The third kappa shape index (κ3) is 4.85. The monoisotopic (exact) mass is 393 g/mol. The summed E-state index contributed by atoms with van der Waals surface area (Å²) in [5, 5.41) is 5.74. The minimum Gasteiger partial charge on any atom is -0.357 e. The first kappa shape index (κ1) is 19.2. The standard InChI is InChI=1S/C22H27N5O2/c28-21-7-4-12-27(21)19-6-3-5-17(13-19)14-24-22(29)25-16-18-8-9-20(23-15-18)26-10-1-2-11-26/h3,5-6,8-9,13,15H,1-2,4,7,10-12,14,16H2,(H2,24,25,29). The number of urea groups is 1. The van der Waals surface area contributed by atoms with Gasteiger partial charge in [0.2, 0.25) is 5.91 Å². The maximum absolute atomic E-state index is 12.1. The van der Waals surface area contributed by atoms with Gasteiger partial charge >= 0.3 is 6.03 Å². The van der Waals surface area contributed by atoms with E-state index >= 15 is 0 Å². The van der Waals surface area contributed by atoms with Crippen LogP contribution >= 0.6 is 0 Å². The van der Waals surface area contributed by atoms with Gasteiger partial charge in [-0.15, -0.1) is 0 Å². The van der Waals surface area contributed by atoms with Crippen LogP contribution in [0.5, 0.6) is 0 Å². The van der Waals surface area contributed by atoms with Crippen molar-refractivity contribution in [2.75, 3.05) is 29.4 Å². The first-order valence-electron chi connectivity index (χ1n) is 10.3. The number of hydrogen-bond acceptors (Lipinski definition) is 4. The summed E-state index contributed by atoms with van der Waals surface area (Å²) in [4.78, 5) is 32.7. The number of benzene rings is 1. The van der Waals surface area contributed by atoms with Crippen LogP contribution in [0.15, 0.2) is 42.6 Å². The van der Waals surface area contributed by atoms with Crippen molar-refractivity contribution in [3.63, 3.8) is 0 Å². The Morgan fingerprint density at radius 1 is 0.966 bits per heavy atom. The highest BCUT2D eigenvalue weighted by atomic mass is 16.2. The highest BCUT2D eigenvalue weighted by Gasteiger charge is 2.21. The number of rotatable bonds is 6. The first-order chi connectivity index (χ1) is 14.2. The van der Waals surface area contributed by atoms with Crippen LogP contribution in [0.25, 0.3) is 0 Å². The number of carbonyl (C=O) groups excluding carboxylic acids is 2. The van der Waals surface area contributed by atoms with E-state index in [1.165, 1.54) is 12.8 Å². The molecule has 152 valence electrons. The molecule has 1 aromatic heterocycles. The number of nitrogens with zero attached hydrogens (tertiary/aromatic N) is 3. The molecule has 3 amide bonds. The minimum atomic E-state index is -0.226. The van der Waals surface area contributed by atoms with Crippen LogP contribution in [0.4, 0.5) is 16.3 Å². The van der Waals surface area contributed by atoms with Crippen LogP contribution in [0.3, 0.4) is 0 Å². The average Bonchev–Trinajstić information content (AvgIpc) is 3.43. The van der Waals surface area contributed by atoms with Gasteiger partial charge in [-0.2, -0.15) is 0 Å². The van der Waals surface area contributed by atoms with Crippen molar-refractivity contribution in [3.05, 3.63) is 53.7 Å². The predicted octanol–water partition coefficient (Wildman–Crippen LogP) is 2.81.